The van der Waals surface area contributed by atoms with Crippen LogP contribution in [0.1, 0.15) is 30.4 Å². The molecule has 0 saturated heterocycles. The van der Waals surface area contributed by atoms with Gasteiger partial charge in [-0.05, 0) is 26.0 Å². The molecule has 7 heteroatoms. The minimum atomic E-state index is -0.671. The Kier molecular flexibility index (Phi) is 5.54. The van der Waals surface area contributed by atoms with Gasteiger partial charge in [0.2, 0.25) is 0 Å². The zero-order chi connectivity index (χ0) is 17.0. The van der Waals surface area contributed by atoms with Gasteiger partial charge < -0.3 is 9.47 Å². The Morgan fingerprint density at radius 3 is 2.65 bits per heavy atom. The molecule has 0 saturated carbocycles. The molecule has 1 unspecified atom stereocenters. The summed E-state index contributed by atoms with van der Waals surface area (Å²) in [5.74, 6) is -0.978. The van der Waals surface area contributed by atoms with E-state index < -0.39 is 18.0 Å². The summed E-state index contributed by atoms with van der Waals surface area (Å²) in [7, 11) is 1.29. The van der Waals surface area contributed by atoms with Crippen molar-refractivity contribution in [1.82, 2.24) is 9.78 Å². The molecule has 2 rings (SSSR count). The lowest BCUT2D eigenvalue weighted by Gasteiger charge is -2.15. The predicted octanol–water partition coefficient (Wildman–Crippen LogP) is 3.22. The van der Waals surface area contributed by atoms with E-state index in [0.717, 1.165) is 10.0 Å². The Morgan fingerprint density at radius 2 is 2.04 bits per heavy atom. The van der Waals surface area contributed by atoms with Gasteiger partial charge in [0.15, 0.2) is 5.69 Å². The van der Waals surface area contributed by atoms with E-state index in [4.69, 9.17) is 9.47 Å². The fraction of sp³-hybridized carbons (Fsp3) is 0.312. The van der Waals surface area contributed by atoms with Crippen molar-refractivity contribution in [2.75, 3.05) is 13.7 Å². The zero-order valence-corrected chi connectivity index (χ0v) is 14.7. The van der Waals surface area contributed by atoms with E-state index in [2.05, 4.69) is 21.0 Å². The number of methoxy groups -OCH3 is 1. The topological polar surface area (TPSA) is 70.4 Å². The van der Waals surface area contributed by atoms with Crippen LogP contribution in [0.3, 0.4) is 0 Å². The quantitative estimate of drug-likeness (QED) is 0.744. The largest absolute Gasteiger partial charge is 0.464 e. The number of benzene rings is 1. The highest BCUT2D eigenvalue weighted by Gasteiger charge is 2.24. The number of carbonyl (C=O) groups is 2. The summed E-state index contributed by atoms with van der Waals surface area (Å²) in [6.45, 7) is 3.69. The van der Waals surface area contributed by atoms with Gasteiger partial charge in [0.1, 0.15) is 6.04 Å². The molecule has 0 radical (unpaired) electrons. The van der Waals surface area contributed by atoms with Crippen LogP contribution >= 0.6 is 15.9 Å². The summed E-state index contributed by atoms with van der Waals surface area (Å²) in [4.78, 5) is 23.8. The van der Waals surface area contributed by atoms with Gasteiger partial charge in [-0.3, -0.25) is 0 Å². The molecule has 23 heavy (non-hydrogen) atoms. The third-order valence-electron chi connectivity index (χ3n) is 3.27. The summed E-state index contributed by atoms with van der Waals surface area (Å²) in [5.41, 5.74) is 1.57. The first-order valence-electron chi connectivity index (χ1n) is 7.09. The van der Waals surface area contributed by atoms with Crippen molar-refractivity contribution in [2.45, 2.75) is 19.9 Å². The maximum atomic E-state index is 12.0. The Morgan fingerprint density at radius 1 is 1.35 bits per heavy atom. The van der Waals surface area contributed by atoms with Gasteiger partial charge in [0, 0.05) is 10.0 Å². The molecule has 2 aromatic rings. The Balaban J connectivity index is 2.55. The summed E-state index contributed by atoms with van der Waals surface area (Å²) < 4.78 is 12.1. The average Bonchev–Trinajstić information content (AvgIpc) is 2.99. The van der Waals surface area contributed by atoms with Crippen LogP contribution in [0.2, 0.25) is 0 Å². The molecule has 0 aliphatic rings. The van der Waals surface area contributed by atoms with Crippen molar-refractivity contribution in [1.29, 1.82) is 0 Å². The molecular formula is C16H17BrN2O4. The molecule has 0 aliphatic carbocycles. The minimum Gasteiger partial charge on any atom is -0.464 e. The highest BCUT2D eigenvalue weighted by Crippen LogP contribution is 2.30. The van der Waals surface area contributed by atoms with E-state index in [1.54, 1.807) is 19.9 Å². The molecule has 122 valence electrons. The number of nitrogens with zero attached hydrogens (tertiary/aromatic N) is 2. The first-order chi connectivity index (χ1) is 11.0. The van der Waals surface area contributed by atoms with Crippen molar-refractivity contribution in [2.24, 2.45) is 0 Å². The van der Waals surface area contributed by atoms with Crippen molar-refractivity contribution in [3.8, 4) is 11.3 Å². The first-order valence-corrected chi connectivity index (χ1v) is 7.88. The van der Waals surface area contributed by atoms with Crippen LogP contribution in [0.15, 0.2) is 34.8 Å². The third-order valence-corrected chi connectivity index (χ3v) is 3.97. The molecule has 1 aromatic heterocycles. The van der Waals surface area contributed by atoms with E-state index in [1.165, 1.54) is 11.8 Å². The summed E-state index contributed by atoms with van der Waals surface area (Å²) >= 11 is 3.47. The number of esters is 2. The normalized spacial score (nSPS) is 11.8. The van der Waals surface area contributed by atoms with Gasteiger partial charge >= 0.3 is 11.9 Å². The standard InChI is InChI=1S/C16H17BrN2O4/c1-4-23-15(20)10(2)19-14(9-13(18-19)16(21)22-3)11-7-5-6-8-12(11)17/h5-10H,4H2,1-3H3. The monoisotopic (exact) mass is 380 g/mol. The fourth-order valence-electron chi connectivity index (χ4n) is 2.13. The van der Waals surface area contributed by atoms with Crippen LogP contribution in [0, 0.1) is 0 Å². The summed E-state index contributed by atoms with van der Waals surface area (Å²) in [6.07, 6.45) is 0. The van der Waals surface area contributed by atoms with Crippen molar-refractivity contribution in [3.63, 3.8) is 0 Å². The Bertz CT molecular complexity index is 727. The predicted molar refractivity (Wildman–Crippen MR) is 88.0 cm³/mol. The van der Waals surface area contributed by atoms with Gasteiger partial charge in [0.25, 0.3) is 0 Å². The number of hydrogen-bond acceptors (Lipinski definition) is 5. The van der Waals surface area contributed by atoms with Crippen molar-refractivity contribution >= 4 is 27.9 Å². The van der Waals surface area contributed by atoms with Gasteiger partial charge in [-0.1, -0.05) is 34.1 Å². The second-order valence-corrected chi connectivity index (χ2v) is 5.61. The smallest absolute Gasteiger partial charge is 0.358 e. The lowest BCUT2D eigenvalue weighted by Crippen LogP contribution is -2.21. The van der Waals surface area contributed by atoms with Gasteiger partial charge in [-0.15, -0.1) is 0 Å². The molecule has 0 bridgehead atoms. The molecule has 0 aliphatic heterocycles. The van der Waals surface area contributed by atoms with Crippen LogP contribution in [-0.2, 0) is 14.3 Å². The van der Waals surface area contributed by atoms with Crippen LogP contribution in [0.5, 0.6) is 0 Å². The molecule has 1 aromatic carbocycles. The number of rotatable bonds is 5. The van der Waals surface area contributed by atoms with E-state index in [9.17, 15) is 9.59 Å². The van der Waals surface area contributed by atoms with E-state index in [1.807, 2.05) is 24.3 Å². The van der Waals surface area contributed by atoms with Crippen molar-refractivity contribution < 1.29 is 19.1 Å². The maximum absolute atomic E-state index is 12.0. The van der Waals surface area contributed by atoms with Crippen LogP contribution in [-0.4, -0.2) is 35.4 Å². The second kappa shape index (κ2) is 7.41. The van der Waals surface area contributed by atoms with Crippen LogP contribution in [0.4, 0.5) is 0 Å². The molecule has 0 N–H and O–H groups in total. The average molecular weight is 381 g/mol. The van der Waals surface area contributed by atoms with Crippen molar-refractivity contribution in [3.05, 3.63) is 40.5 Å². The fourth-order valence-corrected chi connectivity index (χ4v) is 2.61. The number of carbonyl (C=O) groups excluding carboxylic acids is 2. The minimum absolute atomic E-state index is 0.134. The molecule has 6 nitrogen and oxygen atoms in total. The first kappa shape index (κ1) is 17.2. The lowest BCUT2D eigenvalue weighted by atomic mass is 10.1. The highest BCUT2D eigenvalue weighted by molar-refractivity contribution is 9.10. The molecular weight excluding hydrogens is 364 g/mol. The molecule has 1 heterocycles. The molecule has 0 fully saturated rings. The van der Waals surface area contributed by atoms with Crippen LogP contribution < -0.4 is 0 Å². The van der Waals surface area contributed by atoms with Crippen LogP contribution in [0.25, 0.3) is 11.3 Å². The number of halogens is 1. The molecule has 0 amide bonds. The van der Waals surface area contributed by atoms with Gasteiger partial charge in [-0.2, -0.15) is 5.10 Å². The maximum Gasteiger partial charge on any atom is 0.358 e. The number of aromatic nitrogens is 2. The van der Waals surface area contributed by atoms with Gasteiger partial charge in [-0.25, -0.2) is 14.3 Å². The molecule has 1 atom stereocenters. The van der Waals surface area contributed by atoms with Gasteiger partial charge in [0.05, 0.1) is 19.4 Å². The number of ether oxygens (including phenoxy) is 2. The lowest BCUT2D eigenvalue weighted by molar-refractivity contribution is -0.146. The van der Waals surface area contributed by atoms with E-state index in [-0.39, 0.29) is 12.3 Å². The summed E-state index contributed by atoms with van der Waals surface area (Å²) in [5, 5.41) is 4.22. The Labute approximate surface area is 142 Å². The van der Waals surface area contributed by atoms with E-state index >= 15 is 0 Å². The summed E-state index contributed by atoms with van der Waals surface area (Å²) in [6, 6.07) is 8.42. The Hall–Kier alpha value is -2.15. The highest BCUT2D eigenvalue weighted by atomic mass is 79.9. The number of hydrogen-bond donors (Lipinski definition) is 0. The second-order valence-electron chi connectivity index (χ2n) is 4.76. The third kappa shape index (κ3) is 3.61. The molecule has 0 spiro atoms. The SMILES string of the molecule is CCOC(=O)C(C)n1nc(C(=O)OC)cc1-c1ccccc1Br. The van der Waals surface area contributed by atoms with E-state index in [0.29, 0.717) is 5.69 Å². The zero-order valence-electron chi connectivity index (χ0n) is 13.1.